The van der Waals surface area contributed by atoms with Crippen LogP contribution in [0.1, 0.15) is 18.6 Å². The van der Waals surface area contributed by atoms with Crippen molar-refractivity contribution in [1.29, 1.82) is 0 Å². The highest BCUT2D eigenvalue weighted by Crippen LogP contribution is 2.44. The number of aliphatic carboxylic acids is 1. The van der Waals surface area contributed by atoms with Crippen LogP contribution in [-0.4, -0.2) is 59.5 Å². The molecule has 3 fully saturated rings. The minimum absolute atomic E-state index is 0.0229. The fourth-order valence-electron chi connectivity index (χ4n) is 4.07. The predicted molar refractivity (Wildman–Crippen MR) is 87.0 cm³/mol. The predicted octanol–water partition coefficient (Wildman–Crippen LogP) is 1.55. The molecule has 24 heavy (non-hydrogen) atoms. The summed E-state index contributed by atoms with van der Waals surface area (Å²) in [4.78, 5) is 28.2. The van der Waals surface area contributed by atoms with E-state index in [-0.39, 0.29) is 17.7 Å². The van der Waals surface area contributed by atoms with Gasteiger partial charge in [-0.15, -0.1) is 0 Å². The molecule has 1 saturated carbocycles. The van der Waals surface area contributed by atoms with Crippen LogP contribution in [0.3, 0.4) is 0 Å². The number of furan rings is 1. The maximum atomic E-state index is 12.3. The summed E-state index contributed by atoms with van der Waals surface area (Å²) in [6, 6.07) is 3.72. The third kappa shape index (κ3) is 2.65. The lowest BCUT2D eigenvalue weighted by Crippen LogP contribution is -2.42. The molecule has 1 aromatic heterocycles. The Balaban J connectivity index is 1.41. The minimum atomic E-state index is -0.803. The van der Waals surface area contributed by atoms with Crippen LogP contribution >= 0.6 is 0 Å². The number of fused-ring (bicyclic) bond motifs is 1. The summed E-state index contributed by atoms with van der Waals surface area (Å²) in [5.41, 5.74) is -0.803. The first-order chi connectivity index (χ1) is 11.6. The number of hydrogen-bond acceptors (Lipinski definition) is 4. The topological polar surface area (TPSA) is 74.0 Å². The van der Waals surface area contributed by atoms with Crippen molar-refractivity contribution in [1.82, 2.24) is 9.80 Å². The molecule has 6 heteroatoms. The number of carboxylic acids is 1. The minimum Gasteiger partial charge on any atom is -0.481 e. The highest BCUT2D eigenvalue weighted by molar-refractivity contribution is 5.84. The largest absolute Gasteiger partial charge is 0.481 e. The highest BCUT2D eigenvalue weighted by Gasteiger charge is 2.58. The SMILES string of the molecule is O=C(C1CC1)N1C[C@H]2CN(C/C=C/c3ccco3)C[C@@]2(C(=O)O)C1. The molecule has 0 aromatic carbocycles. The monoisotopic (exact) mass is 330 g/mol. The Morgan fingerprint density at radius 1 is 1.33 bits per heavy atom. The summed E-state index contributed by atoms with van der Waals surface area (Å²) in [6.07, 6.45) is 7.46. The van der Waals surface area contributed by atoms with E-state index in [1.807, 2.05) is 24.3 Å². The fraction of sp³-hybridized carbons (Fsp3) is 0.556. The molecule has 0 unspecified atom stereocenters. The number of carbonyl (C=O) groups is 2. The van der Waals surface area contributed by atoms with Crippen LogP contribution in [-0.2, 0) is 9.59 Å². The van der Waals surface area contributed by atoms with E-state index in [2.05, 4.69) is 4.90 Å². The van der Waals surface area contributed by atoms with Crippen LogP contribution in [0.5, 0.6) is 0 Å². The van der Waals surface area contributed by atoms with Gasteiger partial charge in [0.1, 0.15) is 11.2 Å². The van der Waals surface area contributed by atoms with E-state index in [1.54, 1.807) is 11.2 Å². The van der Waals surface area contributed by atoms with Crippen molar-refractivity contribution < 1.29 is 19.1 Å². The molecule has 2 atom stereocenters. The normalized spacial score (nSPS) is 30.2. The van der Waals surface area contributed by atoms with Gasteiger partial charge in [0, 0.05) is 44.6 Å². The second-order valence-electron chi connectivity index (χ2n) is 7.26. The average Bonchev–Trinajstić information content (AvgIpc) is 2.98. The molecule has 1 amide bonds. The summed E-state index contributed by atoms with van der Waals surface area (Å²) >= 11 is 0. The molecule has 2 saturated heterocycles. The molecule has 1 aromatic rings. The molecule has 2 aliphatic heterocycles. The summed E-state index contributed by atoms with van der Waals surface area (Å²) in [5.74, 6) is 0.366. The zero-order chi connectivity index (χ0) is 16.7. The standard InChI is InChI=1S/C18H22N2O4/c21-16(13-5-6-13)20-10-14-9-19(11-18(14,12-20)17(22)23)7-1-3-15-4-2-8-24-15/h1-4,8,13-14H,5-7,9-12H2,(H,22,23)/b3-1+/t14-,18-/m1/s1. The van der Waals surface area contributed by atoms with E-state index in [0.717, 1.165) is 25.1 Å². The molecular formula is C18H22N2O4. The zero-order valence-electron chi connectivity index (χ0n) is 13.6. The number of hydrogen-bond donors (Lipinski definition) is 1. The van der Waals surface area contributed by atoms with Crippen LogP contribution < -0.4 is 0 Å². The lowest BCUT2D eigenvalue weighted by molar-refractivity contribution is -0.149. The van der Waals surface area contributed by atoms with Gasteiger partial charge in [0.05, 0.1) is 6.26 Å². The zero-order valence-corrected chi connectivity index (χ0v) is 13.6. The molecule has 0 bridgehead atoms. The number of likely N-dealkylation sites (tertiary alicyclic amines) is 2. The lowest BCUT2D eigenvalue weighted by atomic mass is 9.81. The molecule has 0 radical (unpaired) electrons. The molecule has 3 aliphatic rings. The van der Waals surface area contributed by atoms with Crippen LogP contribution in [0.2, 0.25) is 0 Å². The molecule has 6 nitrogen and oxygen atoms in total. The molecule has 4 rings (SSSR count). The van der Waals surface area contributed by atoms with Crippen molar-refractivity contribution in [3.63, 3.8) is 0 Å². The van der Waals surface area contributed by atoms with Gasteiger partial charge in [0.2, 0.25) is 5.91 Å². The van der Waals surface area contributed by atoms with Crippen LogP contribution in [0.4, 0.5) is 0 Å². The van der Waals surface area contributed by atoms with Crippen molar-refractivity contribution in [3.8, 4) is 0 Å². The van der Waals surface area contributed by atoms with Crippen LogP contribution in [0.25, 0.3) is 6.08 Å². The number of carboxylic acid groups (broad SMARTS) is 1. The number of carbonyl (C=O) groups excluding carboxylic acids is 1. The Hall–Kier alpha value is -2.08. The first kappa shape index (κ1) is 15.4. The van der Waals surface area contributed by atoms with Gasteiger partial charge in [-0.25, -0.2) is 0 Å². The molecular weight excluding hydrogens is 308 g/mol. The third-order valence-electron chi connectivity index (χ3n) is 5.53. The molecule has 1 aliphatic carbocycles. The Labute approximate surface area is 140 Å². The summed E-state index contributed by atoms with van der Waals surface area (Å²) in [5, 5.41) is 9.82. The maximum absolute atomic E-state index is 12.3. The first-order valence-corrected chi connectivity index (χ1v) is 8.53. The van der Waals surface area contributed by atoms with Gasteiger partial charge in [-0.2, -0.15) is 0 Å². The van der Waals surface area contributed by atoms with Crippen molar-refractivity contribution in [2.24, 2.45) is 17.3 Å². The lowest BCUT2D eigenvalue weighted by Gasteiger charge is -2.25. The van der Waals surface area contributed by atoms with E-state index in [4.69, 9.17) is 4.42 Å². The van der Waals surface area contributed by atoms with E-state index in [1.165, 1.54) is 0 Å². The Morgan fingerprint density at radius 3 is 2.79 bits per heavy atom. The van der Waals surface area contributed by atoms with Crippen molar-refractivity contribution >= 4 is 18.0 Å². The molecule has 128 valence electrons. The van der Waals surface area contributed by atoms with Crippen LogP contribution in [0, 0.1) is 17.3 Å². The van der Waals surface area contributed by atoms with Gasteiger partial charge in [-0.05, 0) is 31.1 Å². The molecule has 1 N–H and O–H groups in total. The fourth-order valence-corrected chi connectivity index (χ4v) is 4.07. The third-order valence-corrected chi connectivity index (χ3v) is 5.53. The van der Waals surface area contributed by atoms with E-state index < -0.39 is 11.4 Å². The Morgan fingerprint density at radius 2 is 2.17 bits per heavy atom. The second kappa shape index (κ2) is 5.77. The number of rotatable bonds is 5. The smallest absolute Gasteiger partial charge is 0.313 e. The first-order valence-electron chi connectivity index (χ1n) is 8.53. The quantitative estimate of drug-likeness (QED) is 0.887. The number of nitrogens with zero attached hydrogens (tertiary/aromatic N) is 2. The molecule has 3 heterocycles. The van der Waals surface area contributed by atoms with E-state index in [9.17, 15) is 14.7 Å². The Bertz CT molecular complexity index is 665. The average molecular weight is 330 g/mol. The van der Waals surface area contributed by atoms with Crippen molar-refractivity contribution in [2.45, 2.75) is 12.8 Å². The van der Waals surface area contributed by atoms with Gasteiger partial charge >= 0.3 is 5.97 Å². The van der Waals surface area contributed by atoms with E-state index >= 15 is 0 Å². The Kier molecular flexibility index (Phi) is 3.72. The summed E-state index contributed by atoms with van der Waals surface area (Å²) in [6.45, 7) is 2.87. The highest BCUT2D eigenvalue weighted by atomic mass is 16.4. The molecule has 0 spiro atoms. The van der Waals surface area contributed by atoms with E-state index in [0.29, 0.717) is 26.2 Å². The maximum Gasteiger partial charge on any atom is 0.313 e. The van der Waals surface area contributed by atoms with Gasteiger partial charge in [-0.1, -0.05) is 6.08 Å². The number of amides is 1. The van der Waals surface area contributed by atoms with Crippen molar-refractivity contribution in [2.75, 3.05) is 32.7 Å². The van der Waals surface area contributed by atoms with Crippen LogP contribution in [0.15, 0.2) is 28.9 Å². The summed E-state index contributed by atoms with van der Waals surface area (Å²) in [7, 11) is 0. The van der Waals surface area contributed by atoms with Gasteiger partial charge in [0.25, 0.3) is 0 Å². The van der Waals surface area contributed by atoms with Gasteiger partial charge < -0.3 is 14.4 Å². The second-order valence-corrected chi connectivity index (χ2v) is 7.26. The van der Waals surface area contributed by atoms with Gasteiger partial charge in [-0.3, -0.25) is 14.5 Å². The van der Waals surface area contributed by atoms with Crippen molar-refractivity contribution in [3.05, 3.63) is 30.2 Å². The summed E-state index contributed by atoms with van der Waals surface area (Å²) < 4.78 is 5.26. The van der Waals surface area contributed by atoms with Gasteiger partial charge in [0.15, 0.2) is 0 Å².